The molecule has 1 aliphatic rings. The maximum absolute atomic E-state index is 12.8. The van der Waals surface area contributed by atoms with Gasteiger partial charge in [0.15, 0.2) is 0 Å². The fourth-order valence-corrected chi connectivity index (χ4v) is 4.69. The second kappa shape index (κ2) is 6.05. The minimum Gasteiger partial charge on any atom is -0.347 e. The van der Waals surface area contributed by atoms with Gasteiger partial charge < -0.3 is 9.88 Å². The van der Waals surface area contributed by atoms with Crippen molar-refractivity contribution in [3.8, 4) is 0 Å². The van der Waals surface area contributed by atoms with E-state index in [0.29, 0.717) is 10.7 Å². The molecule has 0 aliphatic carbocycles. The van der Waals surface area contributed by atoms with Gasteiger partial charge in [-0.15, -0.1) is 0 Å². The van der Waals surface area contributed by atoms with E-state index in [-0.39, 0.29) is 4.90 Å². The van der Waals surface area contributed by atoms with Gasteiger partial charge >= 0.3 is 0 Å². The van der Waals surface area contributed by atoms with Crippen molar-refractivity contribution in [1.29, 1.82) is 0 Å². The summed E-state index contributed by atoms with van der Waals surface area (Å²) >= 11 is 5.94. The summed E-state index contributed by atoms with van der Waals surface area (Å²) in [6.45, 7) is 1.70. The highest BCUT2D eigenvalue weighted by Crippen LogP contribution is 2.30. The molecule has 0 spiro atoms. The Kier molecular flexibility index (Phi) is 3.98. The second-order valence-electron chi connectivity index (χ2n) is 6.21. The summed E-state index contributed by atoms with van der Waals surface area (Å²) in [7, 11) is -1.64. The molecule has 25 heavy (non-hydrogen) atoms. The molecule has 5 nitrogen and oxygen atoms in total. The van der Waals surface area contributed by atoms with Crippen molar-refractivity contribution < 1.29 is 8.42 Å². The zero-order chi connectivity index (χ0) is 17.6. The first-order valence-corrected chi connectivity index (χ1v) is 9.91. The van der Waals surface area contributed by atoms with Crippen LogP contribution in [0, 0.1) is 0 Å². The average molecular weight is 376 g/mol. The van der Waals surface area contributed by atoms with E-state index in [2.05, 4.69) is 14.6 Å². The second-order valence-corrected chi connectivity index (χ2v) is 8.32. The number of halogens is 1. The normalized spacial score (nSPS) is 14.5. The average Bonchev–Trinajstić information content (AvgIpc) is 2.87. The molecule has 0 fully saturated rings. The third-order valence-electron chi connectivity index (χ3n) is 4.64. The number of hydrogen-bond donors (Lipinski definition) is 2. The SMILES string of the molecule is Cn1c2c(c3cc(S(=O)(=O)Nc4cccc(Cl)c4)ccc31)CNCC2. The minimum atomic E-state index is -3.68. The monoisotopic (exact) mass is 375 g/mol. The third-order valence-corrected chi connectivity index (χ3v) is 6.25. The van der Waals surface area contributed by atoms with Crippen LogP contribution in [0.25, 0.3) is 10.9 Å². The van der Waals surface area contributed by atoms with Crippen molar-refractivity contribution >= 4 is 38.2 Å². The molecule has 1 aliphatic heterocycles. The molecule has 0 saturated carbocycles. The highest BCUT2D eigenvalue weighted by atomic mass is 35.5. The van der Waals surface area contributed by atoms with Gasteiger partial charge in [-0.2, -0.15) is 0 Å². The molecule has 7 heteroatoms. The topological polar surface area (TPSA) is 63.1 Å². The van der Waals surface area contributed by atoms with Gasteiger partial charge in [0.1, 0.15) is 0 Å². The Hall–Kier alpha value is -2.02. The van der Waals surface area contributed by atoms with E-state index >= 15 is 0 Å². The molecule has 0 atom stereocenters. The number of nitrogens with zero attached hydrogens (tertiary/aromatic N) is 1. The van der Waals surface area contributed by atoms with Gasteiger partial charge in [-0.1, -0.05) is 17.7 Å². The van der Waals surface area contributed by atoms with E-state index in [1.54, 1.807) is 36.4 Å². The van der Waals surface area contributed by atoms with Crippen molar-refractivity contribution in [2.45, 2.75) is 17.9 Å². The van der Waals surface area contributed by atoms with Crippen molar-refractivity contribution in [3.05, 3.63) is 58.7 Å². The van der Waals surface area contributed by atoms with E-state index in [0.717, 1.165) is 30.4 Å². The van der Waals surface area contributed by atoms with Gasteiger partial charge in [0, 0.05) is 48.2 Å². The zero-order valence-corrected chi connectivity index (χ0v) is 15.3. The molecule has 4 rings (SSSR count). The lowest BCUT2D eigenvalue weighted by atomic mass is 10.1. The van der Waals surface area contributed by atoms with E-state index in [1.807, 2.05) is 13.1 Å². The van der Waals surface area contributed by atoms with Crippen LogP contribution in [0.2, 0.25) is 5.02 Å². The summed E-state index contributed by atoms with van der Waals surface area (Å²) in [6.07, 6.45) is 0.948. The summed E-state index contributed by atoms with van der Waals surface area (Å²) in [4.78, 5) is 0.249. The van der Waals surface area contributed by atoms with Crippen LogP contribution < -0.4 is 10.0 Å². The predicted molar refractivity (Wildman–Crippen MR) is 101 cm³/mol. The lowest BCUT2D eigenvalue weighted by Gasteiger charge is -2.14. The molecule has 0 radical (unpaired) electrons. The zero-order valence-electron chi connectivity index (χ0n) is 13.7. The largest absolute Gasteiger partial charge is 0.347 e. The number of aryl methyl sites for hydroxylation is 1. The maximum Gasteiger partial charge on any atom is 0.261 e. The number of fused-ring (bicyclic) bond motifs is 3. The minimum absolute atomic E-state index is 0.249. The van der Waals surface area contributed by atoms with E-state index in [9.17, 15) is 8.42 Å². The number of rotatable bonds is 3. The number of nitrogens with one attached hydrogen (secondary N) is 2. The number of benzene rings is 2. The van der Waals surface area contributed by atoms with E-state index in [4.69, 9.17) is 11.6 Å². The Bertz CT molecular complexity index is 1070. The smallest absolute Gasteiger partial charge is 0.261 e. The molecule has 2 N–H and O–H groups in total. The standard InChI is InChI=1S/C18H18ClN3O2S/c1-22-17-6-5-14(10-15(17)16-11-20-8-7-18(16)22)25(23,24)21-13-4-2-3-12(19)9-13/h2-6,9-10,20-21H,7-8,11H2,1H3. The van der Waals surface area contributed by atoms with Crippen LogP contribution in [0.5, 0.6) is 0 Å². The number of hydrogen-bond acceptors (Lipinski definition) is 3. The summed E-state index contributed by atoms with van der Waals surface area (Å²) in [5.74, 6) is 0. The van der Waals surface area contributed by atoms with Crippen LogP contribution in [0.15, 0.2) is 47.4 Å². The lowest BCUT2D eigenvalue weighted by molar-refractivity contribution is 0.601. The Morgan fingerprint density at radius 1 is 1.20 bits per heavy atom. The van der Waals surface area contributed by atoms with Crippen LogP contribution in [-0.4, -0.2) is 19.5 Å². The van der Waals surface area contributed by atoms with Gasteiger partial charge in [-0.25, -0.2) is 8.42 Å². The van der Waals surface area contributed by atoms with Crippen molar-refractivity contribution in [2.24, 2.45) is 7.05 Å². The molecule has 2 heterocycles. The summed E-state index contributed by atoms with van der Waals surface area (Å²) in [6, 6.07) is 12.0. The first-order chi connectivity index (χ1) is 12.0. The predicted octanol–water partition coefficient (Wildman–Crippen LogP) is 3.28. The molecular formula is C18H18ClN3O2S. The van der Waals surface area contributed by atoms with Crippen molar-refractivity contribution in [3.63, 3.8) is 0 Å². The molecule has 0 bridgehead atoms. The first-order valence-electron chi connectivity index (χ1n) is 8.05. The number of anilines is 1. The van der Waals surface area contributed by atoms with Crippen molar-refractivity contribution in [2.75, 3.05) is 11.3 Å². The maximum atomic E-state index is 12.8. The molecule has 0 unspecified atom stereocenters. The quantitative estimate of drug-likeness (QED) is 0.738. The number of sulfonamides is 1. The van der Waals surface area contributed by atoms with Crippen LogP contribution in [0.3, 0.4) is 0 Å². The van der Waals surface area contributed by atoms with E-state index < -0.39 is 10.0 Å². The van der Waals surface area contributed by atoms with Gasteiger partial charge in [0.25, 0.3) is 10.0 Å². The van der Waals surface area contributed by atoms with E-state index in [1.165, 1.54) is 11.3 Å². The van der Waals surface area contributed by atoms with Gasteiger partial charge in [0.05, 0.1) is 10.6 Å². The molecule has 130 valence electrons. The summed E-state index contributed by atoms with van der Waals surface area (Å²) < 4.78 is 30.3. The van der Waals surface area contributed by atoms with Crippen LogP contribution in [0.1, 0.15) is 11.3 Å². The Morgan fingerprint density at radius 3 is 2.84 bits per heavy atom. The fraction of sp³-hybridized carbons (Fsp3) is 0.222. The lowest BCUT2D eigenvalue weighted by Crippen LogP contribution is -2.24. The Labute approximate surface area is 151 Å². The summed E-state index contributed by atoms with van der Waals surface area (Å²) in [5, 5.41) is 4.83. The van der Waals surface area contributed by atoms with Gasteiger partial charge in [-0.3, -0.25) is 4.72 Å². The fourth-order valence-electron chi connectivity index (χ4n) is 3.42. The molecule has 0 saturated heterocycles. The first kappa shape index (κ1) is 16.4. The van der Waals surface area contributed by atoms with Crippen LogP contribution in [-0.2, 0) is 30.0 Å². The van der Waals surface area contributed by atoms with Gasteiger partial charge in [-0.05, 0) is 42.0 Å². The highest BCUT2D eigenvalue weighted by Gasteiger charge is 2.21. The number of aromatic nitrogens is 1. The Balaban J connectivity index is 1.78. The summed E-state index contributed by atoms with van der Waals surface area (Å²) in [5.41, 5.74) is 3.95. The third kappa shape index (κ3) is 2.90. The molecule has 2 aromatic carbocycles. The van der Waals surface area contributed by atoms with Crippen LogP contribution in [0.4, 0.5) is 5.69 Å². The van der Waals surface area contributed by atoms with Crippen LogP contribution >= 0.6 is 11.6 Å². The molecule has 0 amide bonds. The highest BCUT2D eigenvalue weighted by molar-refractivity contribution is 7.92. The molecule has 1 aromatic heterocycles. The Morgan fingerprint density at radius 2 is 2.04 bits per heavy atom. The molecular weight excluding hydrogens is 358 g/mol. The van der Waals surface area contributed by atoms with Crippen molar-refractivity contribution in [1.82, 2.24) is 9.88 Å². The van der Waals surface area contributed by atoms with Gasteiger partial charge in [0.2, 0.25) is 0 Å². The molecule has 3 aromatic rings.